The highest BCUT2D eigenvalue weighted by Gasteiger charge is 1.94. The summed E-state index contributed by atoms with van der Waals surface area (Å²) >= 11 is 5.01. The van der Waals surface area contributed by atoms with Crippen LogP contribution >= 0.6 is 12.2 Å². The van der Waals surface area contributed by atoms with E-state index in [4.69, 9.17) is 18.0 Å². The van der Waals surface area contributed by atoms with Crippen LogP contribution in [0.5, 0.6) is 0 Å². The fourth-order valence-electron chi connectivity index (χ4n) is 0.896. The first-order valence-corrected chi connectivity index (χ1v) is 3.99. The van der Waals surface area contributed by atoms with Crippen molar-refractivity contribution in [3.8, 4) is 0 Å². The summed E-state index contributed by atoms with van der Waals surface area (Å²) in [7, 11) is 0. The Hall–Kier alpha value is -0.730. The molecule has 11 heavy (non-hydrogen) atoms. The second kappa shape index (κ2) is 4.21. The molecule has 0 fully saturated rings. The standard InChI is InChI=1S/C9H11NS/c10-7-9(11)6-8-4-2-1-3-5-8/h1-5H,6-7,10H2. The molecule has 1 aromatic carbocycles. The van der Waals surface area contributed by atoms with Crippen LogP contribution in [0.15, 0.2) is 30.3 Å². The lowest BCUT2D eigenvalue weighted by molar-refractivity contribution is 1.24. The van der Waals surface area contributed by atoms with Gasteiger partial charge in [-0.1, -0.05) is 42.5 Å². The Kier molecular flexibility index (Phi) is 3.20. The van der Waals surface area contributed by atoms with Crippen molar-refractivity contribution in [2.75, 3.05) is 6.54 Å². The molecule has 0 heterocycles. The highest BCUT2D eigenvalue weighted by molar-refractivity contribution is 7.80. The van der Waals surface area contributed by atoms with E-state index in [1.165, 1.54) is 5.56 Å². The molecule has 0 aromatic heterocycles. The van der Waals surface area contributed by atoms with E-state index in [0.717, 1.165) is 11.3 Å². The van der Waals surface area contributed by atoms with Crippen molar-refractivity contribution in [1.29, 1.82) is 0 Å². The minimum absolute atomic E-state index is 0.504. The molecule has 1 nitrogen and oxygen atoms in total. The molecule has 0 saturated heterocycles. The molecule has 0 aliphatic rings. The average Bonchev–Trinajstić information content (AvgIpc) is 2.06. The molecule has 0 unspecified atom stereocenters. The van der Waals surface area contributed by atoms with Crippen LogP contribution in [0.2, 0.25) is 0 Å². The second-order valence-corrected chi connectivity index (χ2v) is 2.98. The number of thiocarbonyl (C=S) groups is 1. The average molecular weight is 165 g/mol. The Bertz CT molecular complexity index is 231. The van der Waals surface area contributed by atoms with Crippen molar-refractivity contribution in [2.24, 2.45) is 5.73 Å². The van der Waals surface area contributed by atoms with Gasteiger partial charge in [-0.15, -0.1) is 0 Å². The normalized spacial score (nSPS) is 9.55. The van der Waals surface area contributed by atoms with E-state index in [1.807, 2.05) is 18.2 Å². The second-order valence-electron chi connectivity index (χ2n) is 2.41. The summed E-state index contributed by atoms with van der Waals surface area (Å²) in [4.78, 5) is 0.913. The maximum absolute atomic E-state index is 5.38. The van der Waals surface area contributed by atoms with Gasteiger partial charge < -0.3 is 5.73 Å². The van der Waals surface area contributed by atoms with E-state index in [2.05, 4.69) is 12.1 Å². The minimum Gasteiger partial charge on any atom is -0.326 e. The quantitative estimate of drug-likeness (QED) is 0.688. The molecule has 1 aromatic rings. The van der Waals surface area contributed by atoms with Crippen LogP contribution in [0, 0.1) is 0 Å². The van der Waals surface area contributed by atoms with Crippen molar-refractivity contribution in [1.82, 2.24) is 0 Å². The van der Waals surface area contributed by atoms with E-state index in [9.17, 15) is 0 Å². The molecule has 0 aliphatic heterocycles. The highest BCUT2D eigenvalue weighted by atomic mass is 32.1. The number of hydrogen-bond donors (Lipinski definition) is 1. The maximum Gasteiger partial charge on any atom is 0.0246 e. The summed E-state index contributed by atoms with van der Waals surface area (Å²) in [6.45, 7) is 0.504. The monoisotopic (exact) mass is 165 g/mol. The van der Waals surface area contributed by atoms with E-state index in [1.54, 1.807) is 0 Å². The third kappa shape index (κ3) is 2.78. The van der Waals surface area contributed by atoms with Crippen molar-refractivity contribution in [3.63, 3.8) is 0 Å². The molecule has 0 saturated carbocycles. The molecule has 2 heteroatoms. The van der Waals surface area contributed by atoms with Crippen molar-refractivity contribution in [3.05, 3.63) is 35.9 Å². The molecule has 0 amide bonds. The molecule has 2 N–H and O–H groups in total. The molecule has 1 rings (SSSR count). The van der Waals surface area contributed by atoms with Gasteiger partial charge in [-0.3, -0.25) is 0 Å². The number of benzene rings is 1. The minimum atomic E-state index is 0.504. The van der Waals surface area contributed by atoms with E-state index < -0.39 is 0 Å². The summed E-state index contributed by atoms with van der Waals surface area (Å²) in [6, 6.07) is 10.1. The maximum atomic E-state index is 5.38. The van der Waals surface area contributed by atoms with Crippen LogP contribution in [0.1, 0.15) is 5.56 Å². The van der Waals surface area contributed by atoms with Crippen LogP contribution in [-0.2, 0) is 6.42 Å². The fourth-order valence-corrected chi connectivity index (χ4v) is 1.06. The van der Waals surface area contributed by atoms with Gasteiger partial charge >= 0.3 is 0 Å². The predicted octanol–water partition coefficient (Wildman–Crippen LogP) is 1.56. The third-order valence-corrected chi connectivity index (χ3v) is 1.78. The summed E-state index contributed by atoms with van der Waals surface area (Å²) in [5.41, 5.74) is 6.62. The largest absolute Gasteiger partial charge is 0.326 e. The zero-order chi connectivity index (χ0) is 8.10. The van der Waals surface area contributed by atoms with Crippen LogP contribution in [-0.4, -0.2) is 11.4 Å². The SMILES string of the molecule is NCC(=S)Cc1ccccc1. The molecular weight excluding hydrogens is 154 g/mol. The first-order chi connectivity index (χ1) is 5.33. The predicted molar refractivity (Wildman–Crippen MR) is 51.8 cm³/mol. The topological polar surface area (TPSA) is 26.0 Å². The smallest absolute Gasteiger partial charge is 0.0246 e. The summed E-state index contributed by atoms with van der Waals surface area (Å²) < 4.78 is 0. The molecule has 0 atom stereocenters. The lowest BCUT2D eigenvalue weighted by atomic mass is 10.1. The zero-order valence-electron chi connectivity index (χ0n) is 6.29. The number of nitrogens with two attached hydrogens (primary N) is 1. The number of rotatable bonds is 3. The third-order valence-electron chi connectivity index (χ3n) is 1.47. The van der Waals surface area contributed by atoms with Gasteiger partial charge in [0.25, 0.3) is 0 Å². The summed E-state index contributed by atoms with van der Waals surface area (Å²) in [5.74, 6) is 0. The van der Waals surface area contributed by atoms with Gasteiger partial charge in [0.2, 0.25) is 0 Å². The van der Waals surface area contributed by atoms with Crippen molar-refractivity contribution >= 4 is 17.1 Å². The van der Waals surface area contributed by atoms with Crippen LogP contribution in [0.25, 0.3) is 0 Å². The van der Waals surface area contributed by atoms with Gasteiger partial charge in [-0.2, -0.15) is 0 Å². The Balaban J connectivity index is 2.58. The Morgan fingerprint density at radius 2 is 1.91 bits per heavy atom. The van der Waals surface area contributed by atoms with E-state index in [0.29, 0.717) is 6.54 Å². The van der Waals surface area contributed by atoms with Crippen LogP contribution in [0.3, 0.4) is 0 Å². The summed E-state index contributed by atoms with van der Waals surface area (Å²) in [6.07, 6.45) is 0.826. The van der Waals surface area contributed by atoms with Crippen molar-refractivity contribution < 1.29 is 0 Å². The number of hydrogen-bond acceptors (Lipinski definition) is 2. The lowest BCUT2D eigenvalue weighted by Gasteiger charge is -1.99. The highest BCUT2D eigenvalue weighted by Crippen LogP contribution is 2.00. The summed E-state index contributed by atoms with van der Waals surface area (Å²) in [5, 5.41) is 0. The van der Waals surface area contributed by atoms with Gasteiger partial charge in [-0.25, -0.2) is 0 Å². The molecule has 0 aliphatic carbocycles. The van der Waals surface area contributed by atoms with Crippen LogP contribution in [0.4, 0.5) is 0 Å². The molecule has 0 spiro atoms. The Morgan fingerprint density at radius 1 is 1.27 bits per heavy atom. The van der Waals surface area contributed by atoms with Gasteiger partial charge in [0.15, 0.2) is 0 Å². The van der Waals surface area contributed by atoms with E-state index in [-0.39, 0.29) is 0 Å². The first-order valence-electron chi connectivity index (χ1n) is 3.58. The molecule has 58 valence electrons. The van der Waals surface area contributed by atoms with Gasteiger partial charge in [0.05, 0.1) is 0 Å². The van der Waals surface area contributed by atoms with Crippen molar-refractivity contribution in [2.45, 2.75) is 6.42 Å². The van der Waals surface area contributed by atoms with Gasteiger partial charge in [0, 0.05) is 17.8 Å². The van der Waals surface area contributed by atoms with Crippen LogP contribution < -0.4 is 5.73 Å². The Morgan fingerprint density at radius 3 is 2.45 bits per heavy atom. The fraction of sp³-hybridized carbons (Fsp3) is 0.222. The molecular formula is C9H11NS. The zero-order valence-corrected chi connectivity index (χ0v) is 7.10. The Labute approximate surface area is 72.2 Å². The van der Waals surface area contributed by atoms with Gasteiger partial charge in [-0.05, 0) is 5.56 Å². The van der Waals surface area contributed by atoms with Gasteiger partial charge in [0.1, 0.15) is 0 Å². The molecule has 0 radical (unpaired) electrons. The lowest BCUT2D eigenvalue weighted by Crippen LogP contribution is -2.13. The molecule has 0 bridgehead atoms. The first kappa shape index (κ1) is 8.37. The van der Waals surface area contributed by atoms with E-state index >= 15 is 0 Å².